The van der Waals surface area contributed by atoms with Gasteiger partial charge < -0.3 is 5.32 Å². The van der Waals surface area contributed by atoms with Crippen LogP contribution in [0.2, 0.25) is 0 Å². The maximum absolute atomic E-state index is 12.8. The number of rotatable bonds is 7. The summed E-state index contributed by atoms with van der Waals surface area (Å²) in [5.74, 6) is 0.0430. The molecule has 0 aliphatic heterocycles. The molecule has 0 saturated carbocycles. The summed E-state index contributed by atoms with van der Waals surface area (Å²) in [5.41, 5.74) is 2.94. The summed E-state index contributed by atoms with van der Waals surface area (Å²) in [6.07, 6.45) is 8.07. The molecular weight excluding hydrogens is 330 g/mol. The molecule has 0 saturated heterocycles. The molecule has 0 bridgehead atoms. The molecule has 0 aliphatic rings. The minimum absolute atomic E-state index is 0.0430. The lowest BCUT2D eigenvalue weighted by atomic mass is 10.0. The van der Waals surface area contributed by atoms with Gasteiger partial charge >= 0.3 is 0 Å². The highest BCUT2D eigenvalue weighted by atomic mass is 32.1. The van der Waals surface area contributed by atoms with E-state index in [-0.39, 0.29) is 11.9 Å². The monoisotopic (exact) mass is 355 g/mol. The fraction of sp³-hybridized carbons (Fsp3) is 0.400. The first-order valence-electron chi connectivity index (χ1n) is 8.93. The number of hydrogen-bond acceptors (Lipinski definition) is 3. The normalized spacial score (nSPS) is 11.4. The van der Waals surface area contributed by atoms with Crippen LogP contribution < -0.4 is 5.32 Å². The first-order valence-corrected chi connectivity index (χ1v) is 9.81. The Morgan fingerprint density at radius 2 is 2.00 bits per heavy atom. The lowest BCUT2D eigenvalue weighted by Crippen LogP contribution is -2.34. The maximum Gasteiger partial charge on any atom is 0.252 e. The van der Waals surface area contributed by atoms with Crippen molar-refractivity contribution in [1.82, 2.24) is 15.1 Å². The first-order chi connectivity index (χ1) is 12.1. The van der Waals surface area contributed by atoms with Crippen molar-refractivity contribution < 1.29 is 4.79 Å². The Balaban J connectivity index is 1.89. The molecule has 0 atom stereocenters. The predicted octanol–water partition coefficient (Wildman–Crippen LogP) is 5.00. The molecule has 0 aliphatic carbocycles. The van der Waals surface area contributed by atoms with Crippen molar-refractivity contribution >= 4 is 27.3 Å². The standard InChI is InChI=1S/C20H25N3OS/c1-4-6-16(7-5-2)22-20(24)18-13-25-19-9-8-14(10-17(18)19)15-11-21-23(3)12-15/h8-13,16H,4-7H2,1-3H3,(H,22,24). The van der Waals surface area contributed by atoms with Crippen molar-refractivity contribution in [2.45, 2.75) is 45.6 Å². The van der Waals surface area contributed by atoms with Crippen molar-refractivity contribution in [3.05, 3.63) is 41.5 Å². The zero-order valence-corrected chi connectivity index (χ0v) is 15.9. The first kappa shape index (κ1) is 17.7. The Morgan fingerprint density at radius 3 is 2.64 bits per heavy atom. The molecule has 1 aromatic carbocycles. The van der Waals surface area contributed by atoms with Crippen LogP contribution in [0.1, 0.15) is 49.9 Å². The van der Waals surface area contributed by atoms with Crippen LogP contribution in [-0.4, -0.2) is 21.7 Å². The van der Waals surface area contributed by atoms with E-state index in [0.29, 0.717) is 0 Å². The molecule has 4 nitrogen and oxygen atoms in total. The average molecular weight is 356 g/mol. The van der Waals surface area contributed by atoms with Crippen molar-refractivity contribution in [2.24, 2.45) is 7.05 Å². The number of amides is 1. The van der Waals surface area contributed by atoms with Crippen LogP contribution in [-0.2, 0) is 7.05 Å². The summed E-state index contributed by atoms with van der Waals surface area (Å²) in [7, 11) is 1.91. The van der Waals surface area contributed by atoms with Gasteiger partial charge in [-0.1, -0.05) is 32.8 Å². The molecule has 0 radical (unpaired) electrons. The van der Waals surface area contributed by atoms with Crippen LogP contribution in [0.5, 0.6) is 0 Å². The lowest BCUT2D eigenvalue weighted by molar-refractivity contribution is 0.0934. The van der Waals surface area contributed by atoms with Crippen LogP contribution in [0.15, 0.2) is 36.0 Å². The van der Waals surface area contributed by atoms with Crippen LogP contribution in [0.4, 0.5) is 0 Å². The second-order valence-corrected chi connectivity index (χ2v) is 7.42. The third-order valence-corrected chi connectivity index (χ3v) is 5.43. The van der Waals surface area contributed by atoms with Gasteiger partial charge in [-0.25, -0.2) is 0 Å². The molecule has 1 amide bonds. The van der Waals surface area contributed by atoms with E-state index in [4.69, 9.17) is 0 Å². The smallest absolute Gasteiger partial charge is 0.252 e. The third-order valence-electron chi connectivity index (χ3n) is 4.47. The number of aromatic nitrogens is 2. The fourth-order valence-corrected chi connectivity index (χ4v) is 4.12. The van der Waals surface area contributed by atoms with Gasteiger partial charge in [0.1, 0.15) is 0 Å². The van der Waals surface area contributed by atoms with E-state index in [0.717, 1.165) is 52.5 Å². The number of nitrogens with one attached hydrogen (secondary N) is 1. The number of fused-ring (bicyclic) bond motifs is 1. The molecular formula is C20H25N3OS. The highest BCUT2D eigenvalue weighted by Gasteiger charge is 2.17. The summed E-state index contributed by atoms with van der Waals surface area (Å²) < 4.78 is 2.93. The van der Waals surface area contributed by atoms with Gasteiger partial charge in [0, 0.05) is 40.3 Å². The van der Waals surface area contributed by atoms with Crippen LogP contribution in [0, 0.1) is 0 Å². The number of aryl methyl sites for hydroxylation is 1. The molecule has 132 valence electrons. The quantitative estimate of drug-likeness (QED) is 0.648. The predicted molar refractivity (Wildman–Crippen MR) is 105 cm³/mol. The summed E-state index contributed by atoms with van der Waals surface area (Å²) >= 11 is 1.62. The van der Waals surface area contributed by atoms with Gasteiger partial charge in [0.2, 0.25) is 0 Å². The van der Waals surface area contributed by atoms with E-state index in [9.17, 15) is 4.79 Å². The molecule has 0 spiro atoms. The summed E-state index contributed by atoms with van der Waals surface area (Å²) in [5, 5.41) is 10.5. The molecule has 1 N–H and O–H groups in total. The highest BCUT2D eigenvalue weighted by molar-refractivity contribution is 7.17. The molecule has 0 unspecified atom stereocenters. The van der Waals surface area contributed by atoms with E-state index in [1.807, 2.05) is 24.8 Å². The Kier molecular flexibility index (Phi) is 5.53. The van der Waals surface area contributed by atoms with Gasteiger partial charge in [-0.05, 0) is 30.5 Å². The summed E-state index contributed by atoms with van der Waals surface area (Å²) in [4.78, 5) is 12.8. The molecule has 3 aromatic rings. The van der Waals surface area contributed by atoms with E-state index in [2.05, 4.69) is 42.5 Å². The van der Waals surface area contributed by atoms with Crippen LogP contribution >= 0.6 is 11.3 Å². The minimum atomic E-state index is 0.0430. The Morgan fingerprint density at radius 1 is 1.24 bits per heavy atom. The molecule has 0 fully saturated rings. The number of carbonyl (C=O) groups is 1. The second kappa shape index (κ2) is 7.83. The van der Waals surface area contributed by atoms with Gasteiger partial charge in [0.05, 0.1) is 11.8 Å². The topological polar surface area (TPSA) is 46.9 Å². The highest BCUT2D eigenvalue weighted by Crippen LogP contribution is 2.31. The minimum Gasteiger partial charge on any atom is -0.349 e. The van der Waals surface area contributed by atoms with Gasteiger partial charge in [-0.3, -0.25) is 9.48 Å². The second-order valence-electron chi connectivity index (χ2n) is 6.51. The van der Waals surface area contributed by atoms with Gasteiger partial charge in [-0.15, -0.1) is 11.3 Å². The van der Waals surface area contributed by atoms with Crippen molar-refractivity contribution in [3.8, 4) is 11.1 Å². The van der Waals surface area contributed by atoms with Crippen molar-refractivity contribution in [1.29, 1.82) is 0 Å². The van der Waals surface area contributed by atoms with Gasteiger partial charge in [-0.2, -0.15) is 5.10 Å². The summed E-state index contributed by atoms with van der Waals surface area (Å²) in [6.45, 7) is 4.32. The molecule has 3 rings (SSSR count). The van der Waals surface area contributed by atoms with Crippen LogP contribution in [0.3, 0.4) is 0 Å². The number of benzene rings is 1. The maximum atomic E-state index is 12.8. The van der Waals surface area contributed by atoms with Gasteiger partial charge in [0.25, 0.3) is 5.91 Å². The molecule has 25 heavy (non-hydrogen) atoms. The summed E-state index contributed by atoms with van der Waals surface area (Å²) in [6, 6.07) is 6.55. The molecule has 5 heteroatoms. The Bertz CT molecular complexity index is 859. The van der Waals surface area contributed by atoms with Crippen molar-refractivity contribution in [3.63, 3.8) is 0 Å². The third kappa shape index (κ3) is 3.93. The van der Waals surface area contributed by atoms with Crippen LogP contribution in [0.25, 0.3) is 21.2 Å². The van der Waals surface area contributed by atoms with Gasteiger partial charge in [0.15, 0.2) is 0 Å². The Labute approximate surface area is 152 Å². The zero-order chi connectivity index (χ0) is 17.8. The fourth-order valence-electron chi connectivity index (χ4n) is 3.20. The number of carbonyl (C=O) groups excluding carboxylic acids is 1. The van der Waals surface area contributed by atoms with Crippen molar-refractivity contribution in [2.75, 3.05) is 0 Å². The van der Waals surface area contributed by atoms with E-state index >= 15 is 0 Å². The SMILES string of the molecule is CCCC(CCC)NC(=O)c1csc2ccc(-c3cnn(C)c3)cc12. The number of nitrogens with zero attached hydrogens (tertiary/aromatic N) is 2. The number of thiophene rings is 1. The average Bonchev–Trinajstić information content (AvgIpc) is 3.20. The molecule has 2 aromatic heterocycles. The largest absolute Gasteiger partial charge is 0.349 e. The number of hydrogen-bond donors (Lipinski definition) is 1. The van der Waals surface area contributed by atoms with E-state index in [1.165, 1.54) is 0 Å². The lowest BCUT2D eigenvalue weighted by Gasteiger charge is -2.17. The van der Waals surface area contributed by atoms with E-state index < -0.39 is 0 Å². The zero-order valence-electron chi connectivity index (χ0n) is 15.1. The Hall–Kier alpha value is -2.14. The molecule has 2 heterocycles. The van der Waals surface area contributed by atoms with E-state index in [1.54, 1.807) is 16.0 Å².